The van der Waals surface area contributed by atoms with Crippen LogP contribution in [0.4, 0.5) is 5.95 Å². The molecule has 0 aliphatic rings. The Bertz CT molecular complexity index is 349. The number of hydrogen-bond acceptors (Lipinski definition) is 3. The summed E-state index contributed by atoms with van der Waals surface area (Å²) in [5.41, 5.74) is 1.06. The average molecular weight is 253 g/mol. The summed E-state index contributed by atoms with van der Waals surface area (Å²) < 4.78 is 7.28. The molecule has 1 heterocycles. The summed E-state index contributed by atoms with van der Waals surface area (Å²) in [4.78, 5) is 4.56. The average Bonchev–Trinajstić information content (AvgIpc) is 2.69. The SMILES string of the molecule is CCC(C)C(C)Nc1nc(C)cn1CCCOC. The van der Waals surface area contributed by atoms with Crippen molar-refractivity contribution in [1.82, 2.24) is 9.55 Å². The number of imidazole rings is 1. The van der Waals surface area contributed by atoms with Gasteiger partial charge in [-0.1, -0.05) is 20.3 Å². The fourth-order valence-electron chi connectivity index (χ4n) is 1.91. The number of rotatable bonds is 8. The molecule has 1 N–H and O–H groups in total. The van der Waals surface area contributed by atoms with Gasteiger partial charge in [-0.25, -0.2) is 4.98 Å². The Morgan fingerprint density at radius 2 is 2.17 bits per heavy atom. The zero-order valence-corrected chi connectivity index (χ0v) is 12.4. The number of methoxy groups -OCH3 is 1. The Morgan fingerprint density at radius 1 is 1.44 bits per heavy atom. The molecule has 4 heteroatoms. The van der Waals surface area contributed by atoms with Crippen LogP contribution in [0.25, 0.3) is 0 Å². The van der Waals surface area contributed by atoms with Crippen LogP contribution in [-0.4, -0.2) is 29.3 Å². The van der Waals surface area contributed by atoms with Crippen molar-refractivity contribution < 1.29 is 4.74 Å². The number of anilines is 1. The number of aryl methyl sites for hydroxylation is 2. The van der Waals surface area contributed by atoms with E-state index in [4.69, 9.17) is 4.74 Å². The van der Waals surface area contributed by atoms with Crippen molar-refractivity contribution in [3.05, 3.63) is 11.9 Å². The minimum absolute atomic E-state index is 0.443. The molecule has 0 spiro atoms. The van der Waals surface area contributed by atoms with Crippen molar-refractivity contribution in [1.29, 1.82) is 0 Å². The minimum atomic E-state index is 0.443. The van der Waals surface area contributed by atoms with Gasteiger partial charge in [-0.15, -0.1) is 0 Å². The predicted octanol–water partition coefficient (Wildman–Crippen LogP) is 3.07. The van der Waals surface area contributed by atoms with Crippen molar-refractivity contribution in [2.75, 3.05) is 19.0 Å². The highest BCUT2D eigenvalue weighted by molar-refractivity contribution is 5.30. The predicted molar refractivity (Wildman–Crippen MR) is 76.0 cm³/mol. The highest BCUT2D eigenvalue weighted by Gasteiger charge is 2.13. The molecule has 2 unspecified atom stereocenters. The topological polar surface area (TPSA) is 39.1 Å². The maximum atomic E-state index is 5.09. The van der Waals surface area contributed by atoms with Crippen LogP contribution in [0, 0.1) is 12.8 Å². The van der Waals surface area contributed by atoms with Crippen molar-refractivity contribution in [3.63, 3.8) is 0 Å². The summed E-state index contributed by atoms with van der Waals surface area (Å²) in [6.45, 7) is 10.5. The number of aromatic nitrogens is 2. The Balaban J connectivity index is 2.63. The van der Waals surface area contributed by atoms with Gasteiger partial charge in [-0.2, -0.15) is 0 Å². The van der Waals surface area contributed by atoms with Gasteiger partial charge in [0.2, 0.25) is 5.95 Å². The zero-order valence-electron chi connectivity index (χ0n) is 12.4. The van der Waals surface area contributed by atoms with Gasteiger partial charge < -0.3 is 14.6 Å². The summed E-state index contributed by atoms with van der Waals surface area (Å²) in [6, 6.07) is 0.443. The molecule has 0 bridgehead atoms. The Kier molecular flexibility index (Phi) is 6.19. The van der Waals surface area contributed by atoms with Crippen LogP contribution in [0.15, 0.2) is 6.20 Å². The molecule has 0 aliphatic heterocycles. The molecule has 2 atom stereocenters. The minimum Gasteiger partial charge on any atom is -0.385 e. The Hall–Kier alpha value is -1.03. The molecule has 0 saturated carbocycles. The number of nitrogens with one attached hydrogen (secondary N) is 1. The summed E-state index contributed by atoms with van der Waals surface area (Å²) in [5.74, 6) is 1.63. The highest BCUT2D eigenvalue weighted by Crippen LogP contribution is 2.15. The molecule has 0 aliphatic carbocycles. The van der Waals surface area contributed by atoms with E-state index in [0.29, 0.717) is 12.0 Å². The maximum absolute atomic E-state index is 5.09. The molecule has 0 aromatic carbocycles. The van der Waals surface area contributed by atoms with E-state index in [2.05, 4.69) is 41.8 Å². The van der Waals surface area contributed by atoms with Gasteiger partial charge >= 0.3 is 0 Å². The van der Waals surface area contributed by atoms with Crippen LogP contribution in [0.3, 0.4) is 0 Å². The molecule has 0 radical (unpaired) electrons. The van der Waals surface area contributed by atoms with Gasteiger partial charge in [-0.05, 0) is 26.2 Å². The number of ether oxygens (including phenoxy) is 1. The zero-order chi connectivity index (χ0) is 13.5. The lowest BCUT2D eigenvalue weighted by atomic mass is 10.0. The second kappa shape index (κ2) is 7.41. The molecule has 1 aromatic rings. The van der Waals surface area contributed by atoms with Gasteiger partial charge in [0.1, 0.15) is 0 Å². The van der Waals surface area contributed by atoms with Crippen LogP contribution in [0.1, 0.15) is 39.3 Å². The number of hydrogen-bond donors (Lipinski definition) is 1. The molecule has 0 amide bonds. The maximum Gasteiger partial charge on any atom is 0.203 e. The van der Waals surface area contributed by atoms with Crippen molar-refractivity contribution in [3.8, 4) is 0 Å². The fourth-order valence-corrected chi connectivity index (χ4v) is 1.91. The van der Waals surface area contributed by atoms with Crippen molar-refractivity contribution >= 4 is 5.95 Å². The molecule has 1 aromatic heterocycles. The first-order valence-corrected chi connectivity index (χ1v) is 6.87. The second-order valence-corrected chi connectivity index (χ2v) is 5.06. The molecule has 104 valence electrons. The van der Waals surface area contributed by atoms with Crippen LogP contribution >= 0.6 is 0 Å². The van der Waals surface area contributed by atoms with Crippen LogP contribution in [0.5, 0.6) is 0 Å². The third-order valence-corrected chi connectivity index (χ3v) is 3.50. The quantitative estimate of drug-likeness (QED) is 0.724. The Labute approximate surface area is 111 Å². The van der Waals surface area contributed by atoms with Crippen LogP contribution in [0.2, 0.25) is 0 Å². The lowest BCUT2D eigenvalue weighted by Gasteiger charge is -2.21. The highest BCUT2D eigenvalue weighted by atomic mass is 16.5. The standard InChI is InChI=1S/C14H27N3O/c1-6-11(2)13(4)16-14-15-12(3)10-17(14)8-7-9-18-5/h10-11,13H,6-9H2,1-5H3,(H,15,16). The summed E-state index contributed by atoms with van der Waals surface area (Å²) in [7, 11) is 1.74. The number of nitrogens with zero attached hydrogens (tertiary/aromatic N) is 2. The monoisotopic (exact) mass is 253 g/mol. The van der Waals surface area contributed by atoms with E-state index >= 15 is 0 Å². The summed E-state index contributed by atoms with van der Waals surface area (Å²) in [5, 5.41) is 3.52. The van der Waals surface area contributed by atoms with Crippen molar-refractivity contribution in [2.24, 2.45) is 5.92 Å². The third-order valence-electron chi connectivity index (χ3n) is 3.50. The largest absolute Gasteiger partial charge is 0.385 e. The molecule has 0 fully saturated rings. The third kappa shape index (κ3) is 4.33. The van der Waals surface area contributed by atoms with E-state index in [1.807, 2.05) is 6.92 Å². The van der Waals surface area contributed by atoms with Crippen LogP contribution < -0.4 is 5.32 Å². The smallest absolute Gasteiger partial charge is 0.203 e. The van der Waals surface area contributed by atoms with Gasteiger partial charge in [0.05, 0.1) is 5.69 Å². The molecule has 1 rings (SSSR count). The van der Waals surface area contributed by atoms with E-state index in [1.54, 1.807) is 7.11 Å². The van der Waals surface area contributed by atoms with Crippen LogP contribution in [-0.2, 0) is 11.3 Å². The second-order valence-electron chi connectivity index (χ2n) is 5.06. The molecule has 4 nitrogen and oxygen atoms in total. The van der Waals surface area contributed by atoms with Gasteiger partial charge in [0.25, 0.3) is 0 Å². The van der Waals surface area contributed by atoms with Crippen molar-refractivity contribution in [2.45, 2.75) is 53.1 Å². The Morgan fingerprint density at radius 3 is 2.78 bits per heavy atom. The summed E-state index contributed by atoms with van der Waals surface area (Å²) in [6.07, 6.45) is 4.29. The van der Waals surface area contributed by atoms with E-state index in [-0.39, 0.29) is 0 Å². The first-order chi connectivity index (χ1) is 8.58. The van der Waals surface area contributed by atoms with Gasteiger partial charge in [-0.3, -0.25) is 0 Å². The summed E-state index contributed by atoms with van der Waals surface area (Å²) >= 11 is 0. The van der Waals surface area contributed by atoms with Gasteiger partial charge in [0, 0.05) is 32.5 Å². The normalized spacial score (nSPS) is 14.5. The first-order valence-electron chi connectivity index (χ1n) is 6.87. The fraction of sp³-hybridized carbons (Fsp3) is 0.786. The van der Waals surface area contributed by atoms with Gasteiger partial charge in [0.15, 0.2) is 0 Å². The molecular weight excluding hydrogens is 226 g/mol. The molecule has 0 saturated heterocycles. The lowest BCUT2D eigenvalue weighted by molar-refractivity contribution is 0.190. The molecular formula is C14H27N3O. The van der Waals surface area contributed by atoms with E-state index in [1.165, 1.54) is 6.42 Å². The molecule has 18 heavy (non-hydrogen) atoms. The first kappa shape index (κ1) is 15.0. The van der Waals surface area contributed by atoms with E-state index in [0.717, 1.165) is 31.2 Å². The lowest BCUT2D eigenvalue weighted by Crippen LogP contribution is -2.25. The van der Waals surface area contributed by atoms with E-state index < -0.39 is 0 Å². The van der Waals surface area contributed by atoms with E-state index in [9.17, 15) is 0 Å².